The molecule has 1 saturated heterocycles. The van der Waals surface area contributed by atoms with Gasteiger partial charge in [-0.1, -0.05) is 18.5 Å². The van der Waals surface area contributed by atoms with Crippen LogP contribution in [0.3, 0.4) is 0 Å². The molecule has 1 aliphatic heterocycles. The number of aromatic nitrogens is 2. The van der Waals surface area contributed by atoms with Crippen LogP contribution in [0.2, 0.25) is 5.15 Å². The summed E-state index contributed by atoms with van der Waals surface area (Å²) in [5.74, 6) is 0.729. The molecule has 16 heavy (non-hydrogen) atoms. The topological polar surface area (TPSA) is 41.0 Å². The summed E-state index contributed by atoms with van der Waals surface area (Å²) in [6.07, 6.45) is 2.98. The minimum Gasteiger partial charge on any atom is -0.383 e. The van der Waals surface area contributed by atoms with Gasteiger partial charge < -0.3 is 10.2 Å². The number of nitrogens with zero attached hydrogens (tertiary/aromatic N) is 3. The number of halogens is 1. The van der Waals surface area contributed by atoms with Crippen LogP contribution in [0.4, 0.5) is 5.69 Å². The normalized spacial score (nSPS) is 21.2. The maximum absolute atomic E-state index is 5.76. The minimum atomic E-state index is 0.437. The zero-order chi connectivity index (χ0) is 11.4. The lowest BCUT2D eigenvalue weighted by atomic mass is 10.1. The van der Waals surface area contributed by atoms with Gasteiger partial charge in [0.05, 0.1) is 11.9 Å². The van der Waals surface area contributed by atoms with Crippen LogP contribution >= 0.6 is 11.6 Å². The Bertz CT molecular complexity index is 345. The van der Waals surface area contributed by atoms with Gasteiger partial charge in [-0.2, -0.15) is 5.10 Å². The van der Waals surface area contributed by atoms with Crippen molar-refractivity contribution in [2.45, 2.75) is 13.3 Å². The van der Waals surface area contributed by atoms with Crippen molar-refractivity contribution in [2.24, 2.45) is 5.92 Å². The van der Waals surface area contributed by atoms with E-state index in [-0.39, 0.29) is 0 Å². The second-order valence-corrected chi connectivity index (χ2v) is 4.58. The summed E-state index contributed by atoms with van der Waals surface area (Å²) >= 11 is 5.76. The number of hydrogen-bond acceptors (Lipinski definition) is 4. The van der Waals surface area contributed by atoms with Crippen LogP contribution < -0.4 is 5.32 Å². The first-order valence-corrected chi connectivity index (χ1v) is 6.10. The van der Waals surface area contributed by atoms with E-state index in [9.17, 15) is 0 Å². The van der Waals surface area contributed by atoms with Crippen LogP contribution in [0.1, 0.15) is 13.3 Å². The van der Waals surface area contributed by atoms with Gasteiger partial charge in [0.2, 0.25) is 0 Å². The number of nitrogens with one attached hydrogen (secondary N) is 1. The van der Waals surface area contributed by atoms with E-state index < -0.39 is 0 Å². The summed E-state index contributed by atoms with van der Waals surface area (Å²) in [7, 11) is 0. The second kappa shape index (κ2) is 5.46. The van der Waals surface area contributed by atoms with E-state index in [0.29, 0.717) is 5.15 Å². The molecule has 0 bridgehead atoms. The van der Waals surface area contributed by atoms with Crippen molar-refractivity contribution in [3.63, 3.8) is 0 Å². The number of rotatable bonds is 4. The van der Waals surface area contributed by atoms with Crippen molar-refractivity contribution in [1.82, 2.24) is 15.1 Å². The van der Waals surface area contributed by atoms with E-state index in [1.165, 1.54) is 19.5 Å². The Morgan fingerprint density at radius 3 is 3.19 bits per heavy atom. The molecule has 0 amide bonds. The summed E-state index contributed by atoms with van der Waals surface area (Å²) in [5.41, 5.74) is 0.954. The SMILES string of the molecule is CCN1CCC(CNc2cnnc(Cl)c2)C1. The van der Waals surface area contributed by atoms with Gasteiger partial charge in [-0.05, 0) is 25.4 Å². The molecule has 1 atom stereocenters. The average molecular weight is 241 g/mol. The minimum absolute atomic E-state index is 0.437. The highest BCUT2D eigenvalue weighted by atomic mass is 35.5. The van der Waals surface area contributed by atoms with Gasteiger partial charge in [-0.15, -0.1) is 5.10 Å². The molecule has 0 aliphatic carbocycles. The maximum Gasteiger partial charge on any atom is 0.153 e. The molecule has 1 aliphatic rings. The molecule has 1 aromatic rings. The Labute approximate surface area is 101 Å². The molecule has 1 N–H and O–H groups in total. The first kappa shape index (κ1) is 11.6. The molecule has 1 unspecified atom stereocenters. The quantitative estimate of drug-likeness (QED) is 0.873. The van der Waals surface area contributed by atoms with E-state index in [1.807, 2.05) is 0 Å². The van der Waals surface area contributed by atoms with Crippen molar-refractivity contribution in [2.75, 3.05) is 31.5 Å². The maximum atomic E-state index is 5.76. The van der Waals surface area contributed by atoms with Crippen LogP contribution in [0.15, 0.2) is 12.3 Å². The Morgan fingerprint density at radius 2 is 2.50 bits per heavy atom. The van der Waals surface area contributed by atoms with Gasteiger partial charge in [0.1, 0.15) is 0 Å². The van der Waals surface area contributed by atoms with E-state index >= 15 is 0 Å². The van der Waals surface area contributed by atoms with Crippen molar-refractivity contribution in [3.8, 4) is 0 Å². The molecule has 0 aromatic carbocycles. The molecule has 0 spiro atoms. The summed E-state index contributed by atoms with van der Waals surface area (Å²) in [6.45, 7) is 6.76. The Kier molecular flexibility index (Phi) is 3.96. The third-order valence-electron chi connectivity index (χ3n) is 3.04. The highest BCUT2D eigenvalue weighted by Gasteiger charge is 2.20. The lowest BCUT2D eigenvalue weighted by Gasteiger charge is -2.14. The van der Waals surface area contributed by atoms with Gasteiger partial charge in [0, 0.05) is 19.2 Å². The summed E-state index contributed by atoms with van der Waals surface area (Å²) < 4.78 is 0. The fraction of sp³-hybridized carbons (Fsp3) is 0.636. The van der Waals surface area contributed by atoms with Crippen LogP contribution in [0.25, 0.3) is 0 Å². The first-order chi connectivity index (χ1) is 7.78. The van der Waals surface area contributed by atoms with Gasteiger partial charge in [0.25, 0.3) is 0 Å². The van der Waals surface area contributed by atoms with E-state index in [4.69, 9.17) is 11.6 Å². The fourth-order valence-corrected chi connectivity index (χ4v) is 2.23. The van der Waals surface area contributed by atoms with Crippen LogP contribution in [0.5, 0.6) is 0 Å². The predicted molar refractivity (Wildman–Crippen MR) is 65.8 cm³/mol. The predicted octanol–water partition coefficient (Wildman–Crippen LogP) is 1.88. The van der Waals surface area contributed by atoms with Crippen LogP contribution in [-0.4, -0.2) is 41.3 Å². The van der Waals surface area contributed by atoms with E-state index in [1.54, 1.807) is 12.3 Å². The highest BCUT2D eigenvalue weighted by molar-refractivity contribution is 6.29. The Balaban J connectivity index is 1.80. The molecular weight excluding hydrogens is 224 g/mol. The monoisotopic (exact) mass is 240 g/mol. The summed E-state index contributed by atoms with van der Waals surface area (Å²) in [4.78, 5) is 2.48. The third-order valence-corrected chi connectivity index (χ3v) is 3.22. The molecule has 0 saturated carbocycles. The number of hydrogen-bond donors (Lipinski definition) is 1. The zero-order valence-corrected chi connectivity index (χ0v) is 10.2. The average Bonchev–Trinajstić information content (AvgIpc) is 2.74. The van der Waals surface area contributed by atoms with Gasteiger partial charge in [0.15, 0.2) is 5.15 Å². The molecule has 2 rings (SSSR count). The molecule has 5 heteroatoms. The van der Waals surface area contributed by atoms with E-state index in [0.717, 1.165) is 24.7 Å². The lowest BCUT2D eigenvalue weighted by molar-refractivity contribution is 0.345. The van der Waals surface area contributed by atoms with Crippen molar-refractivity contribution < 1.29 is 0 Å². The number of likely N-dealkylation sites (tertiary alicyclic amines) is 1. The van der Waals surface area contributed by atoms with E-state index in [2.05, 4.69) is 27.3 Å². The van der Waals surface area contributed by atoms with Crippen molar-refractivity contribution in [1.29, 1.82) is 0 Å². The molecular formula is C11H17ClN4. The highest BCUT2D eigenvalue weighted by Crippen LogP contribution is 2.17. The summed E-state index contributed by atoms with van der Waals surface area (Å²) in [5, 5.41) is 11.3. The molecule has 1 aromatic heterocycles. The Hall–Kier alpha value is -0.870. The standard InChI is InChI=1S/C11H17ClN4/c1-2-16-4-3-9(8-16)6-13-10-5-11(12)15-14-7-10/h5,7,9H,2-4,6,8H2,1H3,(H,13,15). The lowest BCUT2D eigenvalue weighted by Crippen LogP contribution is -2.22. The molecule has 0 radical (unpaired) electrons. The molecule has 4 nitrogen and oxygen atoms in total. The van der Waals surface area contributed by atoms with Gasteiger partial charge in [-0.3, -0.25) is 0 Å². The largest absolute Gasteiger partial charge is 0.383 e. The number of anilines is 1. The molecule has 1 fully saturated rings. The molecule has 2 heterocycles. The van der Waals surface area contributed by atoms with Crippen molar-refractivity contribution >= 4 is 17.3 Å². The third kappa shape index (κ3) is 3.06. The Morgan fingerprint density at radius 1 is 1.62 bits per heavy atom. The summed E-state index contributed by atoms with van der Waals surface area (Å²) in [6, 6.07) is 1.81. The smallest absolute Gasteiger partial charge is 0.153 e. The fourth-order valence-electron chi connectivity index (χ4n) is 2.07. The van der Waals surface area contributed by atoms with Gasteiger partial charge >= 0.3 is 0 Å². The van der Waals surface area contributed by atoms with Gasteiger partial charge in [-0.25, -0.2) is 0 Å². The van der Waals surface area contributed by atoms with Crippen LogP contribution in [0, 0.1) is 5.92 Å². The second-order valence-electron chi connectivity index (χ2n) is 4.20. The zero-order valence-electron chi connectivity index (χ0n) is 9.49. The molecule has 88 valence electrons. The van der Waals surface area contributed by atoms with Crippen LogP contribution in [-0.2, 0) is 0 Å². The van der Waals surface area contributed by atoms with Crippen molar-refractivity contribution in [3.05, 3.63) is 17.4 Å². The first-order valence-electron chi connectivity index (χ1n) is 5.72.